The Labute approximate surface area is 106 Å². The van der Waals surface area contributed by atoms with Gasteiger partial charge in [0.05, 0.1) is 0 Å². The van der Waals surface area contributed by atoms with Crippen LogP contribution in [0.15, 0.2) is 5.38 Å². The summed E-state index contributed by atoms with van der Waals surface area (Å²) in [5, 5.41) is 5.20. The highest BCUT2D eigenvalue weighted by Crippen LogP contribution is 2.29. The van der Waals surface area contributed by atoms with Gasteiger partial charge in [0.15, 0.2) is 5.13 Å². The monoisotopic (exact) mass is 253 g/mol. The van der Waals surface area contributed by atoms with Crippen molar-refractivity contribution in [3.05, 3.63) is 11.1 Å². The SMILES string of the molecule is CC1CCC(NC(=O)c2csc(N)n2)CC1C. The summed E-state index contributed by atoms with van der Waals surface area (Å²) in [5.74, 6) is 1.34. The molecule has 94 valence electrons. The van der Waals surface area contributed by atoms with E-state index in [4.69, 9.17) is 5.73 Å². The molecular formula is C12H19N3OS. The van der Waals surface area contributed by atoms with Gasteiger partial charge in [0.25, 0.3) is 5.91 Å². The van der Waals surface area contributed by atoms with Gasteiger partial charge >= 0.3 is 0 Å². The standard InChI is InChI=1S/C12H19N3OS/c1-7-3-4-9(5-8(7)2)14-11(16)10-6-17-12(13)15-10/h6-9H,3-5H2,1-2H3,(H2,13,15)(H,14,16). The van der Waals surface area contributed by atoms with Crippen molar-refractivity contribution < 1.29 is 4.79 Å². The van der Waals surface area contributed by atoms with Crippen LogP contribution in [-0.2, 0) is 0 Å². The van der Waals surface area contributed by atoms with E-state index in [1.54, 1.807) is 5.38 Å². The summed E-state index contributed by atoms with van der Waals surface area (Å²) >= 11 is 1.30. The maximum atomic E-state index is 11.9. The van der Waals surface area contributed by atoms with Gasteiger partial charge in [-0.3, -0.25) is 4.79 Å². The van der Waals surface area contributed by atoms with Crippen molar-refractivity contribution in [2.75, 3.05) is 5.73 Å². The number of hydrogen-bond acceptors (Lipinski definition) is 4. The van der Waals surface area contributed by atoms with Crippen LogP contribution in [0.1, 0.15) is 43.6 Å². The average molecular weight is 253 g/mol. The maximum absolute atomic E-state index is 11.9. The summed E-state index contributed by atoms with van der Waals surface area (Å²) in [6, 6.07) is 0.289. The van der Waals surface area contributed by atoms with Crippen molar-refractivity contribution in [1.82, 2.24) is 10.3 Å². The fourth-order valence-electron chi connectivity index (χ4n) is 2.33. The summed E-state index contributed by atoms with van der Waals surface area (Å²) < 4.78 is 0. The third-order valence-electron chi connectivity index (χ3n) is 3.69. The lowest BCUT2D eigenvalue weighted by atomic mass is 9.79. The van der Waals surface area contributed by atoms with Crippen molar-refractivity contribution in [1.29, 1.82) is 0 Å². The molecule has 1 aliphatic rings. The minimum absolute atomic E-state index is 0.0929. The molecule has 1 aromatic heterocycles. The smallest absolute Gasteiger partial charge is 0.271 e. The van der Waals surface area contributed by atoms with Gasteiger partial charge in [0.2, 0.25) is 0 Å². The van der Waals surface area contributed by atoms with Gasteiger partial charge < -0.3 is 11.1 Å². The van der Waals surface area contributed by atoms with Crippen LogP contribution in [-0.4, -0.2) is 16.9 Å². The molecule has 0 bridgehead atoms. The quantitative estimate of drug-likeness (QED) is 0.849. The lowest BCUT2D eigenvalue weighted by Gasteiger charge is -2.32. The predicted molar refractivity (Wildman–Crippen MR) is 70.0 cm³/mol. The van der Waals surface area contributed by atoms with E-state index in [0.29, 0.717) is 16.7 Å². The molecule has 0 radical (unpaired) electrons. The molecule has 3 N–H and O–H groups in total. The van der Waals surface area contributed by atoms with Crippen LogP contribution in [0.5, 0.6) is 0 Å². The van der Waals surface area contributed by atoms with Crippen LogP contribution < -0.4 is 11.1 Å². The van der Waals surface area contributed by atoms with E-state index in [9.17, 15) is 4.79 Å². The number of aromatic nitrogens is 1. The number of nitrogens with two attached hydrogens (primary N) is 1. The number of nitrogens with zero attached hydrogens (tertiary/aromatic N) is 1. The zero-order chi connectivity index (χ0) is 12.4. The number of carbonyl (C=O) groups excluding carboxylic acids is 1. The normalized spacial score (nSPS) is 28.9. The van der Waals surface area contributed by atoms with Crippen molar-refractivity contribution in [2.24, 2.45) is 11.8 Å². The molecule has 3 unspecified atom stereocenters. The Balaban J connectivity index is 1.91. The van der Waals surface area contributed by atoms with Crippen molar-refractivity contribution in [2.45, 2.75) is 39.2 Å². The van der Waals surface area contributed by atoms with Gasteiger partial charge in [-0.25, -0.2) is 4.98 Å². The molecule has 1 heterocycles. The number of rotatable bonds is 2. The first-order valence-corrected chi connectivity index (χ1v) is 6.96. The second-order valence-corrected chi connectivity index (χ2v) is 5.90. The van der Waals surface area contributed by atoms with E-state index in [1.165, 1.54) is 17.8 Å². The first-order chi connectivity index (χ1) is 8.06. The third-order valence-corrected chi connectivity index (χ3v) is 4.36. The molecule has 1 aliphatic carbocycles. The Bertz CT molecular complexity index is 404. The van der Waals surface area contributed by atoms with Crippen molar-refractivity contribution in [3.63, 3.8) is 0 Å². The Morgan fingerprint density at radius 1 is 1.47 bits per heavy atom. The number of carbonyl (C=O) groups is 1. The van der Waals surface area contributed by atoms with E-state index in [-0.39, 0.29) is 11.9 Å². The Morgan fingerprint density at radius 2 is 2.24 bits per heavy atom. The molecule has 1 aromatic rings. The van der Waals surface area contributed by atoms with E-state index < -0.39 is 0 Å². The second-order valence-electron chi connectivity index (χ2n) is 5.01. The van der Waals surface area contributed by atoms with Crippen LogP contribution in [0.4, 0.5) is 5.13 Å². The topological polar surface area (TPSA) is 68.0 Å². The molecule has 1 amide bonds. The van der Waals surface area contributed by atoms with Crippen LogP contribution in [0.3, 0.4) is 0 Å². The largest absolute Gasteiger partial charge is 0.375 e. The van der Waals surface area contributed by atoms with Gasteiger partial charge in [0.1, 0.15) is 5.69 Å². The number of amides is 1. The number of thiazole rings is 1. The van der Waals surface area contributed by atoms with E-state index in [1.807, 2.05) is 0 Å². The Hall–Kier alpha value is -1.10. The summed E-state index contributed by atoms with van der Waals surface area (Å²) in [7, 11) is 0. The molecular weight excluding hydrogens is 234 g/mol. The number of hydrogen-bond donors (Lipinski definition) is 2. The molecule has 2 rings (SSSR count). The number of nitrogen functional groups attached to an aromatic ring is 1. The molecule has 0 aromatic carbocycles. The van der Waals surface area contributed by atoms with E-state index in [0.717, 1.165) is 18.8 Å². The van der Waals surface area contributed by atoms with Crippen molar-refractivity contribution in [3.8, 4) is 0 Å². The first kappa shape index (κ1) is 12.4. The lowest BCUT2D eigenvalue weighted by Crippen LogP contribution is -2.39. The maximum Gasteiger partial charge on any atom is 0.271 e. The summed E-state index contributed by atoms with van der Waals surface area (Å²) in [6.45, 7) is 4.54. The summed E-state index contributed by atoms with van der Waals surface area (Å²) in [4.78, 5) is 15.9. The van der Waals surface area contributed by atoms with E-state index >= 15 is 0 Å². The highest BCUT2D eigenvalue weighted by Gasteiger charge is 2.26. The molecule has 17 heavy (non-hydrogen) atoms. The van der Waals surface area contributed by atoms with Gasteiger partial charge in [-0.1, -0.05) is 13.8 Å². The molecule has 0 aliphatic heterocycles. The lowest BCUT2D eigenvalue weighted by molar-refractivity contribution is 0.0906. The molecule has 0 saturated heterocycles. The van der Waals surface area contributed by atoms with Crippen LogP contribution in [0.25, 0.3) is 0 Å². The summed E-state index contributed by atoms with van der Waals surface area (Å²) in [6.07, 6.45) is 3.31. The van der Waals surface area contributed by atoms with Gasteiger partial charge in [0, 0.05) is 11.4 Å². The van der Waals surface area contributed by atoms with Crippen molar-refractivity contribution >= 4 is 22.4 Å². The van der Waals surface area contributed by atoms with Gasteiger partial charge in [-0.15, -0.1) is 11.3 Å². The third kappa shape index (κ3) is 2.97. The molecule has 1 saturated carbocycles. The number of nitrogens with one attached hydrogen (secondary N) is 1. The Kier molecular flexibility index (Phi) is 3.66. The Morgan fingerprint density at radius 3 is 2.82 bits per heavy atom. The van der Waals surface area contributed by atoms with Crippen LogP contribution in [0.2, 0.25) is 0 Å². The highest BCUT2D eigenvalue weighted by molar-refractivity contribution is 7.13. The molecule has 3 atom stereocenters. The predicted octanol–water partition coefficient (Wildman–Crippen LogP) is 2.28. The number of anilines is 1. The van der Waals surface area contributed by atoms with Gasteiger partial charge in [-0.2, -0.15) is 0 Å². The molecule has 5 heteroatoms. The molecule has 4 nitrogen and oxygen atoms in total. The fourth-order valence-corrected chi connectivity index (χ4v) is 2.87. The second kappa shape index (κ2) is 5.04. The van der Waals surface area contributed by atoms with Crippen LogP contribution >= 0.6 is 11.3 Å². The zero-order valence-corrected chi connectivity index (χ0v) is 11.1. The zero-order valence-electron chi connectivity index (χ0n) is 10.3. The fraction of sp³-hybridized carbons (Fsp3) is 0.667. The van der Waals surface area contributed by atoms with E-state index in [2.05, 4.69) is 24.1 Å². The molecule has 0 spiro atoms. The minimum Gasteiger partial charge on any atom is -0.375 e. The summed E-state index contributed by atoms with van der Waals surface area (Å²) in [5.41, 5.74) is 5.96. The average Bonchev–Trinajstić information content (AvgIpc) is 2.70. The van der Waals surface area contributed by atoms with Gasteiger partial charge in [-0.05, 0) is 31.1 Å². The molecule has 1 fully saturated rings. The minimum atomic E-state index is -0.0929. The van der Waals surface area contributed by atoms with Crippen LogP contribution in [0, 0.1) is 11.8 Å². The highest BCUT2D eigenvalue weighted by atomic mass is 32.1. The first-order valence-electron chi connectivity index (χ1n) is 6.08.